The van der Waals surface area contributed by atoms with Gasteiger partial charge in [0.05, 0.1) is 25.6 Å². The first-order chi connectivity index (χ1) is 12.6. The van der Waals surface area contributed by atoms with E-state index in [1.165, 1.54) is 11.3 Å². The van der Waals surface area contributed by atoms with Crippen molar-refractivity contribution in [3.63, 3.8) is 0 Å². The Balaban J connectivity index is 1.69. The van der Waals surface area contributed by atoms with E-state index in [-0.39, 0.29) is 18.7 Å². The van der Waals surface area contributed by atoms with Gasteiger partial charge in [-0.25, -0.2) is 4.98 Å². The smallest absolute Gasteiger partial charge is 0.309 e. The molecule has 0 aliphatic carbocycles. The molecule has 0 aliphatic rings. The quantitative estimate of drug-likeness (QED) is 0.668. The number of nitrogens with zero attached hydrogens (tertiary/aromatic N) is 1. The van der Waals surface area contributed by atoms with Crippen LogP contribution >= 0.6 is 11.3 Å². The highest BCUT2D eigenvalue weighted by Crippen LogP contribution is 2.27. The lowest BCUT2D eigenvalue weighted by Crippen LogP contribution is -2.25. The van der Waals surface area contributed by atoms with Gasteiger partial charge in [0.25, 0.3) is 0 Å². The Morgan fingerprint density at radius 3 is 2.77 bits per heavy atom. The Morgan fingerprint density at radius 2 is 2.00 bits per heavy atom. The Bertz CT molecular complexity index is 952. The van der Waals surface area contributed by atoms with Crippen LogP contribution in [0.3, 0.4) is 0 Å². The molecular formula is C19H18N2O4S. The van der Waals surface area contributed by atoms with Crippen LogP contribution in [0.4, 0.5) is 0 Å². The monoisotopic (exact) mass is 370 g/mol. The van der Waals surface area contributed by atoms with Crippen LogP contribution in [0.15, 0.2) is 41.8 Å². The SMILES string of the molecule is COc1ccc2ccccc2c1CNC(=O)Cc1nc(CC(=O)O)cs1. The molecule has 2 aromatic carbocycles. The van der Waals surface area contributed by atoms with Gasteiger partial charge in [-0.2, -0.15) is 0 Å². The number of fused-ring (bicyclic) bond motifs is 1. The van der Waals surface area contributed by atoms with E-state index in [1.807, 2.05) is 36.4 Å². The molecule has 0 aliphatic heterocycles. The van der Waals surface area contributed by atoms with Gasteiger partial charge < -0.3 is 15.2 Å². The molecule has 1 heterocycles. The summed E-state index contributed by atoms with van der Waals surface area (Å²) in [5.74, 6) is -0.382. The summed E-state index contributed by atoms with van der Waals surface area (Å²) in [5.41, 5.74) is 1.39. The van der Waals surface area contributed by atoms with E-state index < -0.39 is 5.97 Å². The van der Waals surface area contributed by atoms with Crippen molar-refractivity contribution < 1.29 is 19.4 Å². The average Bonchev–Trinajstić information content (AvgIpc) is 3.05. The zero-order valence-electron chi connectivity index (χ0n) is 14.2. The third-order valence-electron chi connectivity index (χ3n) is 3.92. The molecule has 3 aromatic rings. The number of ether oxygens (including phenoxy) is 1. The Morgan fingerprint density at radius 1 is 1.19 bits per heavy atom. The van der Waals surface area contributed by atoms with E-state index in [9.17, 15) is 9.59 Å². The van der Waals surface area contributed by atoms with Crippen molar-refractivity contribution in [3.05, 3.63) is 58.0 Å². The predicted octanol–water partition coefficient (Wildman–Crippen LogP) is 2.79. The minimum absolute atomic E-state index is 0.122. The molecule has 3 rings (SSSR count). The average molecular weight is 370 g/mol. The Kier molecular flexibility index (Phi) is 5.48. The normalized spacial score (nSPS) is 10.7. The first-order valence-electron chi connectivity index (χ1n) is 8.03. The molecule has 0 bridgehead atoms. The van der Waals surface area contributed by atoms with Crippen molar-refractivity contribution in [1.29, 1.82) is 0 Å². The zero-order chi connectivity index (χ0) is 18.5. The zero-order valence-corrected chi connectivity index (χ0v) is 15.0. The predicted molar refractivity (Wildman–Crippen MR) is 99.5 cm³/mol. The van der Waals surface area contributed by atoms with Crippen molar-refractivity contribution in [1.82, 2.24) is 10.3 Å². The fourth-order valence-corrected chi connectivity index (χ4v) is 3.54. The lowest BCUT2D eigenvalue weighted by Gasteiger charge is -2.13. The summed E-state index contributed by atoms with van der Waals surface area (Å²) in [6.45, 7) is 0.344. The molecule has 0 atom stereocenters. The number of carboxylic acid groups (broad SMARTS) is 1. The topological polar surface area (TPSA) is 88.5 Å². The highest BCUT2D eigenvalue weighted by atomic mass is 32.1. The van der Waals surface area contributed by atoms with Gasteiger partial charge in [0.1, 0.15) is 10.8 Å². The molecule has 0 saturated carbocycles. The van der Waals surface area contributed by atoms with Gasteiger partial charge in [-0.3, -0.25) is 9.59 Å². The minimum Gasteiger partial charge on any atom is -0.496 e. The van der Waals surface area contributed by atoms with Crippen LogP contribution in [0.25, 0.3) is 10.8 Å². The second-order valence-corrected chi connectivity index (χ2v) is 6.67. The molecule has 0 spiro atoms. The number of methoxy groups -OCH3 is 1. The van der Waals surface area contributed by atoms with E-state index in [0.29, 0.717) is 17.2 Å². The van der Waals surface area contributed by atoms with Gasteiger partial charge in [0, 0.05) is 17.5 Å². The Labute approximate surface area is 154 Å². The summed E-state index contributed by atoms with van der Waals surface area (Å²) in [6.07, 6.45) is -0.0112. The van der Waals surface area contributed by atoms with Gasteiger partial charge in [0.15, 0.2) is 0 Å². The van der Waals surface area contributed by atoms with Gasteiger partial charge in [-0.15, -0.1) is 11.3 Å². The second kappa shape index (κ2) is 7.97. The number of aliphatic carboxylic acids is 1. The van der Waals surface area contributed by atoms with Crippen molar-refractivity contribution in [3.8, 4) is 5.75 Å². The van der Waals surface area contributed by atoms with E-state index in [4.69, 9.17) is 9.84 Å². The highest BCUT2D eigenvalue weighted by Gasteiger charge is 2.12. The number of thiazole rings is 1. The number of carbonyl (C=O) groups excluding carboxylic acids is 1. The van der Waals surface area contributed by atoms with Crippen molar-refractivity contribution in [2.75, 3.05) is 7.11 Å². The van der Waals surface area contributed by atoms with E-state index in [0.717, 1.165) is 22.1 Å². The summed E-state index contributed by atoms with van der Waals surface area (Å²) in [7, 11) is 1.61. The summed E-state index contributed by atoms with van der Waals surface area (Å²) in [4.78, 5) is 27.1. The van der Waals surface area contributed by atoms with Crippen LogP contribution < -0.4 is 10.1 Å². The van der Waals surface area contributed by atoms with Gasteiger partial charge in [0.2, 0.25) is 5.91 Å². The van der Waals surface area contributed by atoms with Crippen molar-refractivity contribution >= 4 is 34.0 Å². The van der Waals surface area contributed by atoms with Crippen LogP contribution in [0, 0.1) is 0 Å². The molecule has 7 heteroatoms. The molecule has 6 nitrogen and oxygen atoms in total. The maximum Gasteiger partial charge on any atom is 0.309 e. The number of aromatic nitrogens is 1. The molecule has 1 amide bonds. The summed E-state index contributed by atoms with van der Waals surface area (Å²) >= 11 is 1.29. The van der Waals surface area contributed by atoms with E-state index in [2.05, 4.69) is 10.3 Å². The van der Waals surface area contributed by atoms with Crippen LogP contribution in [0.2, 0.25) is 0 Å². The lowest BCUT2D eigenvalue weighted by atomic mass is 10.0. The van der Waals surface area contributed by atoms with Crippen LogP contribution in [-0.4, -0.2) is 29.1 Å². The highest BCUT2D eigenvalue weighted by molar-refractivity contribution is 7.09. The van der Waals surface area contributed by atoms with Gasteiger partial charge >= 0.3 is 5.97 Å². The number of nitrogens with one attached hydrogen (secondary N) is 1. The van der Waals surface area contributed by atoms with Crippen LogP contribution in [0.5, 0.6) is 5.75 Å². The number of rotatable bonds is 7. The minimum atomic E-state index is -0.936. The lowest BCUT2D eigenvalue weighted by molar-refractivity contribution is -0.136. The summed E-state index contributed by atoms with van der Waals surface area (Å²) in [5, 5.41) is 16.1. The molecule has 26 heavy (non-hydrogen) atoms. The van der Waals surface area contributed by atoms with Crippen LogP contribution in [0.1, 0.15) is 16.3 Å². The number of benzene rings is 2. The standard InChI is InChI=1S/C19H18N2O4S/c1-25-16-7-6-12-4-2-3-5-14(12)15(16)10-20-17(22)9-18-21-13(11-26-18)8-19(23)24/h2-7,11H,8-10H2,1H3,(H,20,22)(H,23,24). The van der Waals surface area contributed by atoms with Crippen molar-refractivity contribution in [2.24, 2.45) is 0 Å². The molecule has 134 valence electrons. The maximum absolute atomic E-state index is 12.3. The fraction of sp³-hybridized carbons (Fsp3) is 0.211. The third-order valence-corrected chi connectivity index (χ3v) is 4.82. The number of carboxylic acids is 1. The van der Waals surface area contributed by atoms with Crippen molar-refractivity contribution in [2.45, 2.75) is 19.4 Å². The molecule has 0 fully saturated rings. The largest absolute Gasteiger partial charge is 0.496 e. The molecule has 2 N–H and O–H groups in total. The number of amides is 1. The number of hydrogen-bond donors (Lipinski definition) is 2. The van der Waals surface area contributed by atoms with Crippen LogP contribution in [-0.2, 0) is 29.0 Å². The molecule has 0 unspecified atom stereocenters. The van der Waals surface area contributed by atoms with Gasteiger partial charge in [-0.05, 0) is 16.8 Å². The summed E-state index contributed by atoms with van der Waals surface area (Å²) < 4.78 is 5.43. The maximum atomic E-state index is 12.3. The third kappa shape index (κ3) is 4.18. The number of hydrogen-bond acceptors (Lipinski definition) is 5. The first-order valence-corrected chi connectivity index (χ1v) is 8.91. The fourth-order valence-electron chi connectivity index (χ4n) is 2.74. The van der Waals surface area contributed by atoms with Gasteiger partial charge in [-0.1, -0.05) is 30.3 Å². The number of carbonyl (C=O) groups is 2. The second-order valence-electron chi connectivity index (χ2n) is 5.72. The van der Waals surface area contributed by atoms with E-state index >= 15 is 0 Å². The Hall–Kier alpha value is -2.93. The first kappa shape index (κ1) is 17.9. The molecule has 0 radical (unpaired) electrons. The molecular weight excluding hydrogens is 352 g/mol. The molecule has 0 saturated heterocycles. The van der Waals surface area contributed by atoms with E-state index in [1.54, 1.807) is 12.5 Å². The summed E-state index contributed by atoms with van der Waals surface area (Å²) in [6, 6.07) is 11.8. The molecule has 1 aromatic heterocycles.